The monoisotopic (exact) mass is 465 g/mol. The molecule has 1 N–H and O–H groups in total. The first kappa shape index (κ1) is 22.2. The number of hydrogen-bond donors (Lipinski definition) is 1. The number of aromatic nitrogens is 1. The van der Waals surface area contributed by atoms with Gasteiger partial charge in [-0.2, -0.15) is 0 Å². The number of anilines is 1. The molecule has 0 unspecified atom stereocenters. The van der Waals surface area contributed by atoms with E-state index in [1.54, 1.807) is 44.2 Å². The quantitative estimate of drug-likeness (QED) is 0.510. The lowest BCUT2D eigenvalue weighted by Gasteiger charge is -2.20. The zero-order chi connectivity index (χ0) is 21.8. The molecule has 1 aromatic heterocycles. The third kappa shape index (κ3) is 4.98. The minimum Gasteiger partial charge on any atom is -0.329 e. The second kappa shape index (κ2) is 9.55. The average Bonchev–Trinajstić information content (AvgIpc) is 3.10. The van der Waals surface area contributed by atoms with E-state index in [2.05, 4.69) is 10.3 Å². The molecule has 5 nitrogen and oxygen atoms in total. The van der Waals surface area contributed by atoms with Crippen LogP contribution in [0.3, 0.4) is 0 Å². The van der Waals surface area contributed by atoms with Crippen LogP contribution in [0.2, 0.25) is 10.0 Å². The summed E-state index contributed by atoms with van der Waals surface area (Å²) in [6.07, 6.45) is 0. The maximum Gasteiger partial charge on any atom is 0.266 e. The Labute approximate surface area is 187 Å². The molecule has 0 atom stereocenters. The molecule has 0 radical (unpaired) electrons. The lowest BCUT2D eigenvalue weighted by Crippen LogP contribution is -2.37. The fourth-order valence-electron chi connectivity index (χ4n) is 2.75. The Morgan fingerprint density at radius 1 is 1.13 bits per heavy atom. The van der Waals surface area contributed by atoms with E-state index in [0.29, 0.717) is 37.9 Å². The molecule has 0 aliphatic heterocycles. The molecule has 30 heavy (non-hydrogen) atoms. The summed E-state index contributed by atoms with van der Waals surface area (Å²) in [4.78, 5) is 31.8. The number of likely N-dealkylation sites (N-methyl/N-ethyl adjacent to an activating group) is 1. The third-order valence-electron chi connectivity index (χ3n) is 4.31. The van der Waals surface area contributed by atoms with Crippen molar-refractivity contribution in [2.45, 2.75) is 13.8 Å². The Morgan fingerprint density at radius 2 is 1.77 bits per heavy atom. The number of amides is 2. The van der Waals surface area contributed by atoms with Gasteiger partial charge in [-0.15, -0.1) is 11.3 Å². The Kier molecular flexibility index (Phi) is 7.07. The van der Waals surface area contributed by atoms with Crippen molar-refractivity contribution < 1.29 is 14.0 Å². The van der Waals surface area contributed by atoms with E-state index in [4.69, 9.17) is 23.2 Å². The van der Waals surface area contributed by atoms with Gasteiger partial charge in [0.2, 0.25) is 5.91 Å². The van der Waals surface area contributed by atoms with E-state index in [1.807, 2.05) is 0 Å². The van der Waals surface area contributed by atoms with Crippen LogP contribution >= 0.6 is 34.5 Å². The van der Waals surface area contributed by atoms with Gasteiger partial charge in [-0.05, 0) is 50.2 Å². The summed E-state index contributed by atoms with van der Waals surface area (Å²) in [7, 11) is 0. The molecule has 0 aliphatic rings. The van der Waals surface area contributed by atoms with Crippen LogP contribution in [0.4, 0.5) is 10.1 Å². The molecular weight excluding hydrogens is 448 g/mol. The summed E-state index contributed by atoms with van der Waals surface area (Å²) >= 11 is 13.4. The van der Waals surface area contributed by atoms with Crippen molar-refractivity contribution in [3.05, 3.63) is 68.9 Å². The molecule has 0 aliphatic carbocycles. The van der Waals surface area contributed by atoms with E-state index in [1.165, 1.54) is 28.4 Å². The number of para-hydroxylation sites is 1. The predicted octanol–water partition coefficient (Wildman–Crippen LogP) is 5.67. The molecule has 1 heterocycles. The SMILES string of the molecule is CCN(CC(=O)Nc1c(Cl)cccc1Cl)C(=O)c1sc(-c2ccc(F)cc2)nc1C. The Morgan fingerprint density at radius 3 is 2.37 bits per heavy atom. The first-order chi connectivity index (χ1) is 14.3. The Hall–Kier alpha value is -2.48. The van der Waals surface area contributed by atoms with Crippen LogP contribution < -0.4 is 5.32 Å². The minimum absolute atomic E-state index is 0.167. The zero-order valence-electron chi connectivity index (χ0n) is 16.2. The number of halogens is 3. The van der Waals surface area contributed by atoms with Gasteiger partial charge in [0.25, 0.3) is 5.91 Å². The lowest BCUT2D eigenvalue weighted by atomic mass is 10.2. The molecule has 156 valence electrons. The maximum atomic E-state index is 13.2. The van der Waals surface area contributed by atoms with Crippen LogP contribution in [0.25, 0.3) is 10.6 Å². The fourth-order valence-corrected chi connectivity index (χ4v) is 4.28. The third-order valence-corrected chi connectivity index (χ3v) is 6.14. The summed E-state index contributed by atoms with van der Waals surface area (Å²) in [6, 6.07) is 10.8. The van der Waals surface area contributed by atoms with Crippen LogP contribution in [0.15, 0.2) is 42.5 Å². The molecule has 0 saturated heterocycles. The average molecular weight is 466 g/mol. The van der Waals surface area contributed by atoms with Gasteiger partial charge in [-0.1, -0.05) is 29.3 Å². The highest BCUT2D eigenvalue weighted by Gasteiger charge is 2.23. The molecule has 3 rings (SSSR count). The molecule has 9 heteroatoms. The summed E-state index contributed by atoms with van der Waals surface area (Å²) in [5.74, 6) is -1.06. The molecule has 2 aromatic carbocycles. The van der Waals surface area contributed by atoms with E-state index < -0.39 is 5.91 Å². The van der Waals surface area contributed by atoms with Crippen molar-refractivity contribution in [3.63, 3.8) is 0 Å². The second-order valence-corrected chi connectivity index (χ2v) is 8.22. The highest BCUT2D eigenvalue weighted by molar-refractivity contribution is 7.17. The van der Waals surface area contributed by atoms with E-state index in [9.17, 15) is 14.0 Å². The van der Waals surface area contributed by atoms with Crippen LogP contribution in [0.1, 0.15) is 22.3 Å². The van der Waals surface area contributed by atoms with Crippen LogP contribution in [0, 0.1) is 12.7 Å². The number of nitrogens with one attached hydrogen (secondary N) is 1. The zero-order valence-corrected chi connectivity index (χ0v) is 18.5. The number of thiazole rings is 1. The van der Waals surface area contributed by atoms with Gasteiger partial charge in [-0.25, -0.2) is 9.37 Å². The standard InChI is InChI=1S/C21H18Cl2FN3O2S/c1-3-27(11-17(28)26-18-15(22)5-4-6-16(18)23)21(29)19-12(2)25-20(30-19)13-7-9-14(24)10-8-13/h4-10H,3,11H2,1-2H3,(H,26,28). The van der Waals surface area contributed by atoms with Crippen LogP contribution in [0.5, 0.6) is 0 Å². The van der Waals surface area contributed by atoms with E-state index in [0.717, 1.165) is 5.56 Å². The number of rotatable bonds is 6. The smallest absolute Gasteiger partial charge is 0.266 e. The normalized spacial score (nSPS) is 10.7. The number of carbonyl (C=O) groups is 2. The summed E-state index contributed by atoms with van der Waals surface area (Å²) in [5, 5.41) is 3.89. The first-order valence-corrected chi connectivity index (χ1v) is 10.6. The summed E-state index contributed by atoms with van der Waals surface area (Å²) < 4.78 is 13.2. The van der Waals surface area contributed by atoms with Crippen LogP contribution in [-0.4, -0.2) is 34.8 Å². The lowest BCUT2D eigenvalue weighted by molar-refractivity contribution is -0.116. The number of aryl methyl sites for hydroxylation is 1. The van der Waals surface area contributed by atoms with Gasteiger partial charge >= 0.3 is 0 Å². The van der Waals surface area contributed by atoms with Crippen molar-refractivity contribution in [1.29, 1.82) is 0 Å². The summed E-state index contributed by atoms with van der Waals surface area (Å²) in [6.45, 7) is 3.67. The van der Waals surface area contributed by atoms with Gasteiger partial charge < -0.3 is 10.2 Å². The molecule has 0 bridgehead atoms. The van der Waals surface area contributed by atoms with E-state index >= 15 is 0 Å². The Balaban J connectivity index is 1.76. The fraction of sp³-hybridized carbons (Fsp3) is 0.190. The molecular formula is C21H18Cl2FN3O2S. The van der Waals surface area contributed by atoms with Gasteiger partial charge in [0, 0.05) is 12.1 Å². The predicted molar refractivity (Wildman–Crippen MR) is 119 cm³/mol. The highest BCUT2D eigenvalue weighted by atomic mass is 35.5. The number of benzene rings is 2. The van der Waals surface area contributed by atoms with Crippen LogP contribution in [-0.2, 0) is 4.79 Å². The number of carbonyl (C=O) groups excluding carboxylic acids is 2. The second-order valence-electron chi connectivity index (χ2n) is 6.40. The van der Waals surface area contributed by atoms with Gasteiger partial charge in [0.1, 0.15) is 22.2 Å². The van der Waals surface area contributed by atoms with Crippen molar-refractivity contribution in [2.75, 3.05) is 18.4 Å². The summed E-state index contributed by atoms with van der Waals surface area (Å²) in [5.41, 5.74) is 1.58. The number of hydrogen-bond acceptors (Lipinski definition) is 4. The molecule has 0 fully saturated rings. The van der Waals surface area contributed by atoms with Gasteiger partial charge in [0.05, 0.1) is 21.4 Å². The first-order valence-electron chi connectivity index (χ1n) is 9.06. The molecule has 0 saturated carbocycles. The Bertz CT molecular complexity index is 1070. The number of nitrogens with zero attached hydrogens (tertiary/aromatic N) is 2. The van der Waals surface area contributed by atoms with Crippen molar-refractivity contribution in [1.82, 2.24) is 9.88 Å². The van der Waals surface area contributed by atoms with Gasteiger partial charge in [-0.3, -0.25) is 9.59 Å². The molecule has 2 amide bonds. The topological polar surface area (TPSA) is 62.3 Å². The van der Waals surface area contributed by atoms with Crippen molar-refractivity contribution in [2.24, 2.45) is 0 Å². The minimum atomic E-state index is -0.416. The highest BCUT2D eigenvalue weighted by Crippen LogP contribution is 2.31. The van der Waals surface area contributed by atoms with Crippen molar-refractivity contribution in [3.8, 4) is 10.6 Å². The maximum absolute atomic E-state index is 13.2. The van der Waals surface area contributed by atoms with Crippen molar-refractivity contribution >= 4 is 52.0 Å². The molecule has 3 aromatic rings. The largest absolute Gasteiger partial charge is 0.329 e. The molecule has 0 spiro atoms. The van der Waals surface area contributed by atoms with E-state index in [-0.39, 0.29) is 18.3 Å². The van der Waals surface area contributed by atoms with Gasteiger partial charge in [0.15, 0.2) is 0 Å².